The third kappa shape index (κ3) is 3.43. The average molecular weight is 289 g/mol. The van der Waals surface area contributed by atoms with Crippen molar-refractivity contribution in [2.24, 2.45) is 11.8 Å². The van der Waals surface area contributed by atoms with Gasteiger partial charge in [0.2, 0.25) is 5.91 Å². The third-order valence-corrected chi connectivity index (χ3v) is 4.44. The molecule has 0 saturated carbocycles. The Bertz CT molecular complexity index is 523. The first kappa shape index (κ1) is 15.5. The van der Waals surface area contributed by atoms with Crippen molar-refractivity contribution in [1.29, 1.82) is 0 Å². The average Bonchev–Trinajstić information content (AvgIpc) is 2.82. The number of nitrogens with zero attached hydrogens (tertiary/aromatic N) is 1. The van der Waals surface area contributed by atoms with E-state index < -0.39 is 11.9 Å². The number of likely N-dealkylation sites (tertiary alicyclic amines) is 1. The van der Waals surface area contributed by atoms with Crippen LogP contribution in [0.4, 0.5) is 0 Å². The molecule has 2 rings (SSSR count). The largest absolute Gasteiger partial charge is 0.481 e. The molecule has 1 aromatic rings. The lowest BCUT2D eigenvalue weighted by molar-refractivity contribution is -0.143. The van der Waals surface area contributed by atoms with Crippen LogP contribution in [-0.4, -0.2) is 34.5 Å². The van der Waals surface area contributed by atoms with E-state index in [1.165, 1.54) is 5.56 Å². The predicted octanol–water partition coefficient (Wildman–Crippen LogP) is 2.50. The highest BCUT2D eigenvalue weighted by atomic mass is 16.4. The monoisotopic (exact) mass is 289 g/mol. The summed E-state index contributed by atoms with van der Waals surface area (Å²) in [5.41, 5.74) is 2.35. The van der Waals surface area contributed by atoms with E-state index in [1.54, 1.807) is 4.90 Å². The summed E-state index contributed by atoms with van der Waals surface area (Å²) in [5.74, 6) is -1.29. The number of aliphatic carboxylic acids is 1. The molecule has 0 aliphatic carbocycles. The number of hydrogen-bond donors (Lipinski definition) is 1. The number of rotatable bonds is 4. The quantitative estimate of drug-likeness (QED) is 0.926. The first-order chi connectivity index (χ1) is 9.90. The molecule has 0 aromatic heterocycles. The fourth-order valence-corrected chi connectivity index (χ4v) is 3.03. The summed E-state index contributed by atoms with van der Waals surface area (Å²) in [7, 11) is 0. The minimum absolute atomic E-state index is 0.0619. The lowest BCUT2D eigenvalue weighted by atomic mass is 9.98. The molecule has 1 amide bonds. The van der Waals surface area contributed by atoms with Gasteiger partial charge in [-0.3, -0.25) is 9.59 Å². The predicted molar refractivity (Wildman–Crippen MR) is 81.0 cm³/mol. The molecule has 4 nitrogen and oxygen atoms in total. The molecule has 3 unspecified atom stereocenters. The van der Waals surface area contributed by atoms with Gasteiger partial charge < -0.3 is 10.0 Å². The van der Waals surface area contributed by atoms with Crippen LogP contribution in [0.2, 0.25) is 0 Å². The van der Waals surface area contributed by atoms with Gasteiger partial charge in [-0.05, 0) is 32.3 Å². The zero-order chi connectivity index (χ0) is 15.6. The zero-order valence-electron chi connectivity index (χ0n) is 12.9. The first-order valence-corrected chi connectivity index (χ1v) is 7.49. The number of benzene rings is 1. The fraction of sp³-hybridized carbons (Fsp3) is 0.529. The first-order valence-electron chi connectivity index (χ1n) is 7.49. The highest BCUT2D eigenvalue weighted by molar-refractivity contribution is 5.81. The van der Waals surface area contributed by atoms with Crippen LogP contribution >= 0.6 is 0 Å². The van der Waals surface area contributed by atoms with Crippen molar-refractivity contribution >= 4 is 11.9 Å². The molecule has 1 heterocycles. The van der Waals surface area contributed by atoms with E-state index in [2.05, 4.69) is 0 Å². The standard InChI is InChI=1S/C17H23NO3/c1-11-4-6-14(7-5-11)10-12(2)16(19)18-9-8-15(13(18)3)17(20)21/h4-7,12-13,15H,8-10H2,1-3H3,(H,20,21). The Kier molecular flexibility index (Phi) is 4.66. The van der Waals surface area contributed by atoms with Crippen LogP contribution < -0.4 is 0 Å². The normalized spacial score (nSPS) is 23.1. The Morgan fingerprint density at radius 3 is 2.48 bits per heavy atom. The van der Waals surface area contributed by atoms with Crippen molar-refractivity contribution < 1.29 is 14.7 Å². The molecular formula is C17H23NO3. The SMILES string of the molecule is Cc1ccc(CC(C)C(=O)N2CCC(C(=O)O)C2C)cc1. The summed E-state index contributed by atoms with van der Waals surface area (Å²) in [5, 5.41) is 9.15. The van der Waals surface area contributed by atoms with Crippen molar-refractivity contribution in [3.05, 3.63) is 35.4 Å². The summed E-state index contributed by atoms with van der Waals surface area (Å²) >= 11 is 0. The fourth-order valence-electron chi connectivity index (χ4n) is 3.03. The molecule has 1 aliphatic heterocycles. The lowest BCUT2D eigenvalue weighted by Crippen LogP contribution is -2.40. The molecule has 114 valence electrons. The summed E-state index contributed by atoms with van der Waals surface area (Å²) in [4.78, 5) is 25.4. The van der Waals surface area contributed by atoms with E-state index in [1.807, 2.05) is 45.0 Å². The van der Waals surface area contributed by atoms with Crippen molar-refractivity contribution in [2.75, 3.05) is 6.54 Å². The summed E-state index contributed by atoms with van der Waals surface area (Å²) < 4.78 is 0. The minimum atomic E-state index is -0.802. The van der Waals surface area contributed by atoms with Crippen LogP contribution in [0, 0.1) is 18.8 Å². The van der Waals surface area contributed by atoms with Crippen LogP contribution in [-0.2, 0) is 16.0 Å². The second kappa shape index (κ2) is 6.29. The molecule has 0 spiro atoms. The number of carbonyl (C=O) groups excluding carboxylic acids is 1. The van der Waals surface area contributed by atoms with Crippen LogP contribution in [0.5, 0.6) is 0 Å². The van der Waals surface area contributed by atoms with Crippen molar-refractivity contribution in [2.45, 2.75) is 39.7 Å². The van der Waals surface area contributed by atoms with E-state index in [0.717, 1.165) is 5.56 Å². The smallest absolute Gasteiger partial charge is 0.308 e. The number of carbonyl (C=O) groups is 2. The van der Waals surface area contributed by atoms with Crippen molar-refractivity contribution in [3.8, 4) is 0 Å². The Morgan fingerprint density at radius 2 is 1.95 bits per heavy atom. The molecule has 0 bridgehead atoms. The van der Waals surface area contributed by atoms with Gasteiger partial charge in [0.25, 0.3) is 0 Å². The van der Waals surface area contributed by atoms with Crippen LogP contribution in [0.25, 0.3) is 0 Å². The maximum Gasteiger partial charge on any atom is 0.308 e. The molecule has 4 heteroatoms. The van der Waals surface area contributed by atoms with Gasteiger partial charge in [0.15, 0.2) is 0 Å². The highest BCUT2D eigenvalue weighted by Crippen LogP contribution is 2.26. The van der Waals surface area contributed by atoms with E-state index in [4.69, 9.17) is 5.11 Å². The maximum atomic E-state index is 12.5. The Hall–Kier alpha value is -1.84. The van der Waals surface area contributed by atoms with Gasteiger partial charge >= 0.3 is 5.97 Å². The van der Waals surface area contributed by atoms with Crippen LogP contribution in [0.3, 0.4) is 0 Å². The Morgan fingerprint density at radius 1 is 1.33 bits per heavy atom. The van der Waals surface area contributed by atoms with Gasteiger partial charge in [-0.25, -0.2) is 0 Å². The van der Waals surface area contributed by atoms with Gasteiger partial charge in [-0.1, -0.05) is 36.8 Å². The molecule has 0 radical (unpaired) electrons. The number of carboxylic acid groups (broad SMARTS) is 1. The molecular weight excluding hydrogens is 266 g/mol. The van der Waals surface area contributed by atoms with Crippen molar-refractivity contribution in [3.63, 3.8) is 0 Å². The van der Waals surface area contributed by atoms with E-state index in [0.29, 0.717) is 19.4 Å². The van der Waals surface area contributed by atoms with E-state index in [9.17, 15) is 9.59 Å². The van der Waals surface area contributed by atoms with E-state index in [-0.39, 0.29) is 17.9 Å². The second-order valence-electron chi connectivity index (χ2n) is 6.10. The number of carboxylic acids is 1. The number of hydrogen-bond acceptors (Lipinski definition) is 2. The van der Waals surface area contributed by atoms with Crippen molar-refractivity contribution in [1.82, 2.24) is 4.90 Å². The molecule has 1 aliphatic rings. The number of amides is 1. The molecule has 1 aromatic carbocycles. The Balaban J connectivity index is 1.99. The number of aryl methyl sites for hydroxylation is 1. The zero-order valence-corrected chi connectivity index (χ0v) is 12.9. The van der Waals surface area contributed by atoms with Gasteiger partial charge in [0.05, 0.1) is 5.92 Å². The minimum Gasteiger partial charge on any atom is -0.481 e. The van der Waals surface area contributed by atoms with Gasteiger partial charge in [-0.2, -0.15) is 0 Å². The van der Waals surface area contributed by atoms with Gasteiger partial charge in [-0.15, -0.1) is 0 Å². The van der Waals surface area contributed by atoms with Crippen LogP contribution in [0.15, 0.2) is 24.3 Å². The molecule has 1 saturated heterocycles. The summed E-state index contributed by atoms with van der Waals surface area (Å²) in [6.45, 7) is 6.34. The lowest BCUT2D eigenvalue weighted by Gasteiger charge is -2.26. The third-order valence-electron chi connectivity index (χ3n) is 4.44. The molecule has 3 atom stereocenters. The highest BCUT2D eigenvalue weighted by Gasteiger charge is 2.39. The molecule has 1 fully saturated rings. The van der Waals surface area contributed by atoms with Crippen LogP contribution in [0.1, 0.15) is 31.4 Å². The topological polar surface area (TPSA) is 57.6 Å². The molecule has 21 heavy (non-hydrogen) atoms. The molecule has 1 N–H and O–H groups in total. The van der Waals surface area contributed by atoms with E-state index >= 15 is 0 Å². The van der Waals surface area contributed by atoms with Gasteiger partial charge in [0, 0.05) is 18.5 Å². The Labute approximate surface area is 125 Å². The second-order valence-corrected chi connectivity index (χ2v) is 6.10. The summed E-state index contributed by atoms with van der Waals surface area (Å²) in [6.07, 6.45) is 1.25. The van der Waals surface area contributed by atoms with Gasteiger partial charge in [0.1, 0.15) is 0 Å². The maximum absolute atomic E-state index is 12.5. The summed E-state index contributed by atoms with van der Waals surface area (Å²) in [6, 6.07) is 7.98.